The minimum atomic E-state index is -0.404. The highest BCUT2D eigenvalue weighted by Crippen LogP contribution is 2.23. The van der Waals surface area contributed by atoms with Crippen molar-refractivity contribution < 1.29 is 9.59 Å². The van der Waals surface area contributed by atoms with Crippen molar-refractivity contribution in [2.24, 2.45) is 0 Å². The largest absolute Gasteiger partial charge is 0.326 e. The summed E-state index contributed by atoms with van der Waals surface area (Å²) in [5.74, 6) is -0.134. The summed E-state index contributed by atoms with van der Waals surface area (Å²) in [6.45, 7) is 0. The van der Waals surface area contributed by atoms with Gasteiger partial charge in [-0.15, -0.1) is 0 Å². The molecule has 0 N–H and O–H groups in total. The molecule has 1 heterocycles. The Hall–Kier alpha value is -2.36. The molecule has 0 radical (unpaired) electrons. The Morgan fingerprint density at radius 1 is 1.00 bits per heavy atom. The molecular weight excluding hydrogens is 252 g/mol. The third kappa shape index (κ3) is 1.84. The number of carbonyl (C=O) groups excluding carboxylic acids is 2. The Morgan fingerprint density at radius 2 is 1.70 bits per heavy atom. The zero-order valence-electron chi connectivity index (χ0n) is 11.5. The monoisotopic (exact) mass is 268 g/mol. The highest BCUT2D eigenvalue weighted by atomic mass is 16.2. The van der Waals surface area contributed by atoms with Crippen molar-refractivity contribution in [1.82, 2.24) is 9.80 Å². The first-order valence-electron chi connectivity index (χ1n) is 6.60. The number of hydrogen-bond acceptors (Lipinski definition) is 2. The maximum atomic E-state index is 12.1. The van der Waals surface area contributed by atoms with Crippen molar-refractivity contribution in [2.75, 3.05) is 14.1 Å². The first kappa shape index (κ1) is 12.7. The Bertz CT molecular complexity index is 690. The summed E-state index contributed by atoms with van der Waals surface area (Å²) in [4.78, 5) is 26.6. The number of hydrogen-bond donors (Lipinski definition) is 0. The van der Waals surface area contributed by atoms with Gasteiger partial charge in [-0.25, -0.2) is 4.79 Å². The number of rotatable bonds is 2. The number of likely N-dealkylation sites (N-methyl/N-ethyl adjacent to an activating group) is 2. The van der Waals surface area contributed by atoms with E-state index in [-0.39, 0.29) is 11.9 Å². The average Bonchev–Trinajstić information content (AvgIpc) is 2.65. The third-order valence-electron chi connectivity index (χ3n) is 3.97. The number of imide groups is 1. The average molecular weight is 268 g/mol. The van der Waals surface area contributed by atoms with Crippen LogP contribution in [0.4, 0.5) is 4.79 Å². The molecule has 20 heavy (non-hydrogen) atoms. The molecule has 0 aromatic heterocycles. The number of fused-ring (bicyclic) bond motifs is 1. The summed E-state index contributed by atoms with van der Waals surface area (Å²) in [5.41, 5.74) is 1.09. The van der Waals surface area contributed by atoms with Gasteiger partial charge in [-0.3, -0.25) is 9.69 Å². The molecule has 102 valence electrons. The lowest BCUT2D eigenvalue weighted by Gasteiger charge is -2.17. The lowest BCUT2D eigenvalue weighted by Crippen LogP contribution is -2.33. The molecule has 1 aliphatic rings. The van der Waals surface area contributed by atoms with Crippen LogP contribution in [0.15, 0.2) is 42.5 Å². The van der Waals surface area contributed by atoms with Crippen LogP contribution in [-0.2, 0) is 11.2 Å². The number of carbonyl (C=O) groups is 2. The summed E-state index contributed by atoms with van der Waals surface area (Å²) >= 11 is 0. The van der Waals surface area contributed by atoms with Gasteiger partial charge in [0.15, 0.2) is 0 Å². The molecule has 1 atom stereocenters. The summed E-state index contributed by atoms with van der Waals surface area (Å²) in [6.07, 6.45) is 0.548. The Balaban J connectivity index is 1.98. The second-order valence-corrected chi connectivity index (χ2v) is 5.15. The fraction of sp³-hybridized carbons (Fsp3) is 0.250. The molecule has 1 fully saturated rings. The Kier molecular flexibility index (Phi) is 2.93. The van der Waals surface area contributed by atoms with Crippen LogP contribution in [0.3, 0.4) is 0 Å². The van der Waals surface area contributed by atoms with E-state index in [0.29, 0.717) is 6.42 Å². The first-order valence-corrected chi connectivity index (χ1v) is 6.60. The van der Waals surface area contributed by atoms with Gasteiger partial charge < -0.3 is 4.90 Å². The second kappa shape index (κ2) is 4.63. The molecule has 1 saturated heterocycles. The summed E-state index contributed by atoms with van der Waals surface area (Å²) in [7, 11) is 3.21. The summed E-state index contributed by atoms with van der Waals surface area (Å²) < 4.78 is 0. The molecule has 3 rings (SSSR count). The highest BCUT2D eigenvalue weighted by molar-refractivity contribution is 6.04. The predicted molar refractivity (Wildman–Crippen MR) is 77.4 cm³/mol. The van der Waals surface area contributed by atoms with Gasteiger partial charge in [0, 0.05) is 20.5 Å². The van der Waals surface area contributed by atoms with E-state index in [1.165, 1.54) is 16.8 Å². The number of amides is 3. The van der Waals surface area contributed by atoms with Crippen molar-refractivity contribution >= 4 is 22.7 Å². The van der Waals surface area contributed by atoms with Gasteiger partial charge in [0.05, 0.1) is 0 Å². The SMILES string of the molecule is CN1C(=O)[C@@H](Cc2cccc3ccccc23)N(C)C1=O. The topological polar surface area (TPSA) is 40.6 Å². The van der Waals surface area contributed by atoms with E-state index in [9.17, 15) is 9.59 Å². The first-order chi connectivity index (χ1) is 9.59. The van der Waals surface area contributed by atoms with Crippen LogP contribution < -0.4 is 0 Å². The molecule has 0 spiro atoms. The third-order valence-corrected chi connectivity index (χ3v) is 3.97. The molecule has 0 unspecified atom stereocenters. The van der Waals surface area contributed by atoms with Gasteiger partial charge in [-0.1, -0.05) is 42.5 Å². The summed E-state index contributed by atoms with van der Waals surface area (Å²) in [5, 5.41) is 2.29. The van der Waals surface area contributed by atoms with Gasteiger partial charge in [-0.05, 0) is 16.3 Å². The van der Waals surface area contributed by atoms with E-state index in [0.717, 1.165) is 16.3 Å². The fourth-order valence-electron chi connectivity index (χ4n) is 2.76. The Labute approximate surface area is 117 Å². The highest BCUT2D eigenvalue weighted by Gasteiger charge is 2.40. The van der Waals surface area contributed by atoms with E-state index in [1.54, 1.807) is 7.05 Å². The zero-order chi connectivity index (χ0) is 14.3. The second-order valence-electron chi connectivity index (χ2n) is 5.15. The molecule has 0 saturated carbocycles. The van der Waals surface area contributed by atoms with Crippen molar-refractivity contribution in [3.8, 4) is 0 Å². The molecule has 0 bridgehead atoms. The molecule has 0 aliphatic carbocycles. The van der Waals surface area contributed by atoms with Gasteiger partial charge >= 0.3 is 6.03 Å². The van der Waals surface area contributed by atoms with Crippen molar-refractivity contribution in [3.05, 3.63) is 48.0 Å². The lowest BCUT2D eigenvalue weighted by atomic mass is 9.98. The molecular formula is C16H16N2O2. The van der Waals surface area contributed by atoms with Gasteiger partial charge in [0.1, 0.15) is 6.04 Å². The molecule has 2 aromatic carbocycles. The quantitative estimate of drug-likeness (QED) is 0.784. The Morgan fingerprint density at radius 3 is 2.40 bits per heavy atom. The van der Waals surface area contributed by atoms with Gasteiger partial charge in [-0.2, -0.15) is 0 Å². The maximum absolute atomic E-state index is 12.1. The molecule has 4 heteroatoms. The molecule has 3 amide bonds. The van der Waals surface area contributed by atoms with Gasteiger partial charge in [0.2, 0.25) is 0 Å². The van der Waals surface area contributed by atoms with Crippen LogP contribution in [0.1, 0.15) is 5.56 Å². The van der Waals surface area contributed by atoms with Crippen LogP contribution >= 0.6 is 0 Å². The van der Waals surface area contributed by atoms with Gasteiger partial charge in [0.25, 0.3) is 5.91 Å². The number of nitrogens with zero attached hydrogens (tertiary/aromatic N) is 2. The smallest absolute Gasteiger partial charge is 0.315 e. The van der Waals surface area contributed by atoms with Crippen LogP contribution in [0, 0.1) is 0 Å². The zero-order valence-corrected chi connectivity index (χ0v) is 11.5. The number of urea groups is 1. The normalized spacial score (nSPS) is 19.2. The maximum Gasteiger partial charge on any atom is 0.326 e. The number of benzene rings is 2. The lowest BCUT2D eigenvalue weighted by molar-refractivity contribution is -0.127. The van der Waals surface area contributed by atoms with Crippen molar-refractivity contribution in [2.45, 2.75) is 12.5 Å². The van der Waals surface area contributed by atoms with E-state index in [4.69, 9.17) is 0 Å². The van der Waals surface area contributed by atoms with Crippen molar-refractivity contribution in [3.63, 3.8) is 0 Å². The standard InChI is InChI=1S/C16H16N2O2/c1-17-14(15(19)18(2)16(17)20)10-12-8-5-7-11-6-3-4-9-13(11)12/h3-9,14H,10H2,1-2H3/t14-/m1/s1. The minimum absolute atomic E-state index is 0.134. The van der Waals surface area contributed by atoms with Crippen LogP contribution in [0.2, 0.25) is 0 Å². The van der Waals surface area contributed by atoms with E-state index in [2.05, 4.69) is 18.2 Å². The van der Waals surface area contributed by atoms with Crippen LogP contribution in [0.25, 0.3) is 10.8 Å². The van der Waals surface area contributed by atoms with E-state index in [1.807, 2.05) is 24.3 Å². The van der Waals surface area contributed by atoms with Crippen molar-refractivity contribution in [1.29, 1.82) is 0 Å². The predicted octanol–water partition coefficient (Wildman–Crippen LogP) is 2.27. The van der Waals surface area contributed by atoms with Crippen LogP contribution in [-0.4, -0.2) is 41.9 Å². The molecule has 2 aromatic rings. The van der Waals surface area contributed by atoms with E-state index >= 15 is 0 Å². The molecule has 4 nitrogen and oxygen atoms in total. The fourth-order valence-corrected chi connectivity index (χ4v) is 2.76. The van der Waals surface area contributed by atoms with Crippen LogP contribution in [0.5, 0.6) is 0 Å². The molecule has 1 aliphatic heterocycles. The van der Waals surface area contributed by atoms with E-state index < -0.39 is 6.04 Å². The summed E-state index contributed by atoms with van der Waals surface area (Å²) in [6, 6.07) is 13.5. The minimum Gasteiger partial charge on any atom is -0.315 e.